The third kappa shape index (κ3) is 13.0. The van der Waals surface area contributed by atoms with Crippen LogP contribution in [0.4, 0.5) is 5.69 Å². The molecule has 226 valence electrons. The molecule has 0 aliphatic rings. The first kappa shape index (κ1) is 37.3. The van der Waals surface area contributed by atoms with Crippen LogP contribution in [0, 0.1) is 10.7 Å². The van der Waals surface area contributed by atoms with Crippen LogP contribution in [0.3, 0.4) is 0 Å². The molecule has 1 rings (SSSR count). The Hall–Kier alpha value is -1.74. The molecule has 0 aliphatic carbocycles. The number of ether oxygens (including phenoxy) is 4. The third-order valence-electron chi connectivity index (χ3n) is 5.15. The summed E-state index contributed by atoms with van der Waals surface area (Å²) in [4.78, 5) is 76.6. The van der Waals surface area contributed by atoms with Gasteiger partial charge in [0, 0.05) is 61.4 Å². The number of aliphatic hydroxyl groups is 1. The van der Waals surface area contributed by atoms with E-state index in [-0.39, 0.29) is 68.2 Å². The molecule has 0 aliphatic heterocycles. The molecule has 1 aromatic carbocycles. The summed E-state index contributed by atoms with van der Waals surface area (Å²) < 4.78 is 21.5. The number of esters is 4. The van der Waals surface area contributed by atoms with Gasteiger partial charge in [-0.1, -0.05) is 0 Å². The lowest BCUT2D eigenvalue weighted by molar-refractivity contribution is -0.156. The van der Waals surface area contributed by atoms with E-state index in [0.29, 0.717) is 16.4 Å². The maximum Gasteiger partial charge on any atom is 0.303 e. The van der Waals surface area contributed by atoms with Crippen LogP contribution in [0.1, 0.15) is 74.1 Å². The Morgan fingerprint density at radius 3 is 1.41 bits per heavy atom. The molecule has 0 aromatic heterocycles. The van der Waals surface area contributed by atoms with Crippen LogP contribution in [0.2, 0.25) is 0 Å². The summed E-state index contributed by atoms with van der Waals surface area (Å²) in [5.41, 5.74) is 0.774. The number of hydrogen-bond donors (Lipinski definition) is 1. The fourth-order valence-corrected chi connectivity index (χ4v) is 8.11. The van der Waals surface area contributed by atoms with Gasteiger partial charge in [-0.2, -0.15) is 0 Å². The number of halogens is 3. The van der Waals surface area contributed by atoms with Crippen molar-refractivity contribution in [1.29, 1.82) is 0 Å². The van der Waals surface area contributed by atoms with Crippen LogP contribution in [0.15, 0.2) is 4.99 Å². The van der Waals surface area contributed by atoms with Crippen LogP contribution >= 0.6 is 67.8 Å². The second-order valence-electron chi connectivity index (χ2n) is 8.53. The van der Waals surface area contributed by atoms with E-state index >= 15 is 0 Å². The molecule has 1 N–H and O–H groups in total. The lowest BCUT2D eigenvalue weighted by atomic mass is 9.97. The second-order valence-corrected chi connectivity index (χ2v) is 11.8. The Kier molecular flexibility index (Phi) is 17.0. The van der Waals surface area contributed by atoms with Gasteiger partial charge < -0.3 is 24.1 Å². The molecule has 0 bridgehead atoms. The fourth-order valence-electron chi connectivity index (χ4n) is 3.46. The average Bonchev–Trinajstić information content (AvgIpc) is 2.86. The first-order valence-electron chi connectivity index (χ1n) is 12.2. The van der Waals surface area contributed by atoms with Crippen molar-refractivity contribution in [3.05, 3.63) is 21.8 Å². The molecule has 0 saturated carbocycles. The molecule has 0 radical (unpaired) electrons. The van der Waals surface area contributed by atoms with Gasteiger partial charge in [0.2, 0.25) is 0 Å². The van der Waals surface area contributed by atoms with Crippen LogP contribution in [0.25, 0.3) is 0 Å². The molecule has 2 unspecified atom stereocenters. The molecule has 0 spiro atoms. The number of benzene rings is 1. The molecule has 0 heterocycles. The number of ketones is 2. The molecule has 0 fully saturated rings. The number of nitrogens with zero attached hydrogens (tertiary/aromatic N) is 1. The number of carbonyl (C=O) groups excluding carboxylic acids is 6. The highest BCUT2D eigenvalue weighted by molar-refractivity contribution is 14.1. The normalized spacial score (nSPS) is 12.4. The van der Waals surface area contributed by atoms with Crippen molar-refractivity contribution in [2.45, 2.75) is 65.6 Å². The van der Waals surface area contributed by atoms with E-state index in [9.17, 15) is 33.9 Å². The Morgan fingerprint density at radius 2 is 1.10 bits per heavy atom. The molecular weight excluding hydrogens is 883 g/mol. The Bertz CT molecular complexity index is 1120. The highest BCUT2D eigenvalue weighted by Gasteiger charge is 2.29. The number of Topliss-reactive ketones (excluding diaryl/α,β-unsaturated/α-hetero) is 2. The van der Waals surface area contributed by atoms with Gasteiger partial charge in [0.1, 0.15) is 25.4 Å². The van der Waals surface area contributed by atoms with Crippen molar-refractivity contribution in [2.75, 3.05) is 19.8 Å². The molecule has 0 saturated heterocycles. The summed E-state index contributed by atoms with van der Waals surface area (Å²) in [6.07, 6.45) is -0.531. The van der Waals surface area contributed by atoms with E-state index in [1.165, 1.54) is 33.9 Å². The van der Waals surface area contributed by atoms with Gasteiger partial charge in [-0.05, 0) is 80.6 Å². The van der Waals surface area contributed by atoms with E-state index in [0.717, 1.165) is 0 Å². The van der Waals surface area contributed by atoms with E-state index in [1.807, 2.05) is 67.8 Å². The highest BCUT2D eigenvalue weighted by atomic mass is 127. The summed E-state index contributed by atoms with van der Waals surface area (Å²) in [5.74, 6) is -3.04. The zero-order valence-electron chi connectivity index (χ0n) is 22.8. The van der Waals surface area contributed by atoms with Crippen molar-refractivity contribution in [3.8, 4) is 0 Å². The average molecular weight is 913 g/mol. The van der Waals surface area contributed by atoms with Gasteiger partial charge in [-0.15, -0.1) is 0 Å². The SMILES string of the molecule is CC(=O)OCC(CCC(=O)c1c(I)c(N=CCO)c(I)c(C(=O)CCC(COC(C)=O)OC(C)=O)c1I)OC(C)=O. The summed E-state index contributed by atoms with van der Waals surface area (Å²) in [6.45, 7) is 4.04. The van der Waals surface area contributed by atoms with E-state index in [1.54, 1.807) is 0 Å². The summed E-state index contributed by atoms with van der Waals surface area (Å²) in [7, 11) is 0. The Morgan fingerprint density at radius 1 is 0.707 bits per heavy atom. The minimum atomic E-state index is -0.845. The van der Waals surface area contributed by atoms with Crippen LogP contribution in [-0.2, 0) is 38.1 Å². The van der Waals surface area contributed by atoms with Crippen LogP contribution < -0.4 is 0 Å². The van der Waals surface area contributed by atoms with Crippen molar-refractivity contribution >= 4 is 115 Å². The fraction of sp³-hybridized carbons (Fsp3) is 0.500. The summed E-state index contributed by atoms with van der Waals surface area (Å²) in [5, 5.41) is 9.29. The Balaban J connectivity index is 3.39. The van der Waals surface area contributed by atoms with Crippen molar-refractivity contribution < 1.29 is 52.8 Å². The van der Waals surface area contributed by atoms with Gasteiger partial charge in [0.15, 0.2) is 11.6 Å². The summed E-state index contributed by atoms with van der Waals surface area (Å²) in [6, 6.07) is 0. The van der Waals surface area contributed by atoms with Gasteiger partial charge in [-0.25, -0.2) is 0 Å². The van der Waals surface area contributed by atoms with Gasteiger partial charge in [0.05, 0.1) is 19.4 Å². The van der Waals surface area contributed by atoms with Crippen molar-refractivity contribution in [1.82, 2.24) is 0 Å². The largest absolute Gasteiger partial charge is 0.462 e. The Labute approximate surface area is 278 Å². The summed E-state index contributed by atoms with van der Waals surface area (Å²) >= 11 is 5.83. The smallest absolute Gasteiger partial charge is 0.303 e. The maximum absolute atomic E-state index is 13.5. The van der Waals surface area contributed by atoms with Crippen LogP contribution in [-0.4, -0.2) is 78.8 Å². The zero-order valence-corrected chi connectivity index (χ0v) is 29.3. The topological polar surface area (TPSA) is 172 Å². The molecule has 12 nitrogen and oxygen atoms in total. The molecule has 2 atom stereocenters. The highest BCUT2D eigenvalue weighted by Crippen LogP contribution is 2.39. The minimum Gasteiger partial charge on any atom is -0.462 e. The third-order valence-corrected chi connectivity index (χ3v) is 8.33. The first-order valence-corrected chi connectivity index (χ1v) is 15.4. The van der Waals surface area contributed by atoms with E-state index < -0.39 is 36.1 Å². The number of aliphatic imine (C=N–C) groups is 1. The van der Waals surface area contributed by atoms with Gasteiger partial charge in [0.25, 0.3) is 0 Å². The molecular formula is C26H30I3NO11. The molecule has 15 heteroatoms. The number of rotatable bonds is 16. The quantitative estimate of drug-likeness (QED) is 0.0833. The standard InChI is InChI=1S/C26H30I3NO11/c1-13(32)38-11-17(40-15(3)34)5-7-19(36)21-23(27)22(25(29)26(24(21)28)30-9-10-31)20(37)8-6-18(41-16(4)35)12-39-14(2)33/h9,17-18,31H,5-8,10-12H2,1-4H3. The maximum atomic E-state index is 13.5. The number of hydrogen-bond acceptors (Lipinski definition) is 12. The van der Waals surface area contributed by atoms with Gasteiger partial charge in [-0.3, -0.25) is 33.8 Å². The second kappa shape index (κ2) is 18.7. The molecule has 41 heavy (non-hydrogen) atoms. The van der Waals surface area contributed by atoms with E-state index in [4.69, 9.17) is 18.9 Å². The number of aliphatic hydroxyl groups excluding tert-OH is 1. The van der Waals surface area contributed by atoms with E-state index in [2.05, 4.69) is 4.99 Å². The molecule has 0 amide bonds. The van der Waals surface area contributed by atoms with Crippen LogP contribution in [0.5, 0.6) is 0 Å². The zero-order chi connectivity index (χ0) is 31.3. The van der Waals surface area contributed by atoms with Crippen molar-refractivity contribution in [3.63, 3.8) is 0 Å². The minimum absolute atomic E-state index is 0.0581. The monoisotopic (exact) mass is 913 g/mol. The predicted molar refractivity (Wildman–Crippen MR) is 171 cm³/mol. The lowest BCUT2D eigenvalue weighted by Crippen LogP contribution is -2.25. The first-order chi connectivity index (χ1) is 19.2. The predicted octanol–water partition coefficient (Wildman–Crippen LogP) is 4.11. The van der Waals surface area contributed by atoms with Crippen molar-refractivity contribution in [2.24, 2.45) is 4.99 Å². The van der Waals surface area contributed by atoms with Gasteiger partial charge >= 0.3 is 23.9 Å². The lowest BCUT2D eigenvalue weighted by Gasteiger charge is -2.19. The number of carbonyl (C=O) groups is 6. The molecule has 1 aromatic rings.